The molecule has 100 valence electrons. The van der Waals surface area contributed by atoms with Crippen molar-refractivity contribution >= 4 is 11.8 Å². The van der Waals surface area contributed by atoms with Crippen LogP contribution >= 0.6 is 0 Å². The van der Waals surface area contributed by atoms with Crippen molar-refractivity contribution in [1.82, 2.24) is 4.90 Å². The number of carbonyl (C=O) groups is 2. The van der Waals surface area contributed by atoms with Gasteiger partial charge in [0.15, 0.2) is 0 Å². The minimum Gasteiger partial charge on any atom is -0.496 e. The van der Waals surface area contributed by atoms with Gasteiger partial charge in [-0.05, 0) is 30.0 Å². The lowest BCUT2D eigenvalue weighted by Gasteiger charge is -2.14. The van der Waals surface area contributed by atoms with Crippen LogP contribution in [0.4, 0.5) is 0 Å². The summed E-state index contributed by atoms with van der Waals surface area (Å²) >= 11 is 0. The van der Waals surface area contributed by atoms with E-state index in [0.717, 1.165) is 23.3 Å². The fourth-order valence-electron chi connectivity index (χ4n) is 2.16. The standard InChI is InChI=1S/C15H17NO3/c1-3-12-10-11(4-5-13(12)19-2)8-9-16-14(17)6-7-15(16)18/h4-7,10H,3,8-9H2,1-2H3. The van der Waals surface area contributed by atoms with Gasteiger partial charge in [0.2, 0.25) is 0 Å². The highest BCUT2D eigenvalue weighted by atomic mass is 16.5. The van der Waals surface area contributed by atoms with Crippen LogP contribution in [0.2, 0.25) is 0 Å². The minimum absolute atomic E-state index is 0.228. The number of benzene rings is 1. The smallest absolute Gasteiger partial charge is 0.253 e. The Morgan fingerprint density at radius 3 is 2.42 bits per heavy atom. The molecule has 0 saturated heterocycles. The zero-order valence-corrected chi connectivity index (χ0v) is 11.2. The van der Waals surface area contributed by atoms with Gasteiger partial charge in [-0.1, -0.05) is 19.1 Å². The molecule has 1 aliphatic heterocycles. The van der Waals surface area contributed by atoms with Crippen LogP contribution < -0.4 is 4.74 Å². The number of ether oxygens (including phenoxy) is 1. The highest BCUT2D eigenvalue weighted by Gasteiger charge is 2.22. The number of methoxy groups -OCH3 is 1. The molecule has 1 aromatic carbocycles. The number of hydrogen-bond acceptors (Lipinski definition) is 3. The van der Waals surface area contributed by atoms with Crippen molar-refractivity contribution in [3.05, 3.63) is 41.5 Å². The zero-order chi connectivity index (χ0) is 13.8. The lowest BCUT2D eigenvalue weighted by atomic mass is 10.1. The van der Waals surface area contributed by atoms with E-state index in [2.05, 4.69) is 13.0 Å². The molecule has 0 atom stereocenters. The molecule has 4 nitrogen and oxygen atoms in total. The van der Waals surface area contributed by atoms with E-state index in [1.165, 1.54) is 17.1 Å². The summed E-state index contributed by atoms with van der Waals surface area (Å²) < 4.78 is 5.27. The van der Waals surface area contributed by atoms with Gasteiger partial charge in [-0.2, -0.15) is 0 Å². The summed E-state index contributed by atoms with van der Waals surface area (Å²) in [5, 5.41) is 0. The maximum Gasteiger partial charge on any atom is 0.253 e. The van der Waals surface area contributed by atoms with Gasteiger partial charge in [-0.15, -0.1) is 0 Å². The SMILES string of the molecule is CCc1cc(CCN2C(=O)C=CC2=O)ccc1OC. The monoisotopic (exact) mass is 259 g/mol. The van der Waals surface area contributed by atoms with Crippen LogP contribution in [-0.2, 0) is 22.4 Å². The molecule has 2 rings (SSSR count). The average molecular weight is 259 g/mol. The maximum absolute atomic E-state index is 11.4. The molecule has 1 heterocycles. The Morgan fingerprint density at radius 1 is 1.16 bits per heavy atom. The summed E-state index contributed by atoms with van der Waals surface area (Å²) in [7, 11) is 1.65. The van der Waals surface area contributed by atoms with Crippen LogP contribution in [0.25, 0.3) is 0 Å². The van der Waals surface area contributed by atoms with E-state index in [9.17, 15) is 9.59 Å². The van der Waals surface area contributed by atoms with Gasteiger partial charge < -0.3 is 4.74 Å². The second-order valence-electron chi connectivity index (χ2n) is 4.41. The lowest BCUT2D eigenvalue weighted by molar-refractivity contribution is -0.136. The molecule has 0 radical (unpaired) electrons. The summed E-state index contributed by atoms with van der Waals surface area (Å²) in [6, 6.07) is 5.97. The van der Waals surface area contributed by atoms with Crippen LogP contribution in [0.15, 0.2) is 30.4 Å². The highest BCUT2D eigenvalue weighted by molar-refractivity contribution is 6.12. The number of imide groups is 1. The topological polar surface area (TPSA) is 46.6 Å². The van der Waals surface area contributed by atoms with Crippen molar-refractivity contribution in [2.75, 3.05) is 13.7 Å². The summed E-state index contributed by atoms with van der Waals surface area (Å²) in [5.41, 5.74) is 2.24. The normalized spacial score (nSPS) is 14.3. The van der Waals surface area contributed by atoms with E-state index < -0.39 is 0 Å². The molecule has 2 amide bonds. The Hall–Kier alpha value is -2.10. The van der Waals surface area contributed by atoms with Crippen LogP contribution in [0.1, 0.15) is 18.1 Å². The Bertz CT molecular complexity index is 516. The largest absolute Gasteiger partial charge is 0.496 e. The van der Waals surface area contributed by atoms with E-state index in [-0.39, 0.29) is 11.8 Å². The van der Waals surface area contributed by atoms with Gasteiger partial charge in [0.25, 0.3) is 11.8 Å². The van der Waals surface area contributed by atoms with Crippen LogP contribution in [0.5, 0.6) is 5.75 Å². The van der Waals surface area contributed by atoms with E-state index >= 15 is 0 Å². The third-order valence-electron chi connectivity index (χ3n) is 3.25. The minimum atomic E-state index is -0.228. The van der Waals surface area contributed by atoms with Crippen LogP contribution in [0.3, 0.4) is 0 Å². The molecule has 0 spiro atoms. The maximum atomic E-state index is 11.4. The van der Waals surface area contributed by atoms with Crippen molar-refractivity contribution in [3.63, 3.8) is 0 Å². The third-order valence-corrected chi connectivity index (χ3v) is 3.25. The quantitative estimate of drug-likeness (QED) is 0.756. The number of rotatable bonds is 5. The Balaban J connectivity index is 2.04. The first-order chi connectivity index (χ1) is 9.15. The average Bonchev–Trinajstić information content (AvgIpc) is 2.75. The molecule has 4 heteroatoms. The van der Waals surface area contributed by atoms with E-state index in [1.807, 2.05) is 12.1 Å². The van der Waals surface area contributed by atoms with Gasteiger partial charge in [-0.3, -0.25) is 14.5 Å². The first-order valence-electron chi connectivity index (χ1n) is 6.35. The Kier molecular flexibility index (Phi) is 4.00. The molecule has 0 aliphatic carbocycles. The predicted octanol–water partition coefficient (Wildman–Crippen LogP) is 1.73. The van der Waals surface area contributed by atoms with Crippen molar-refractivity contribution < 1.29 is 14.3 Å². The highest BCUT2D eigenvalue weighted by Crippen LogP contribution is 2.21. The molecule has 1 aromatic rings. The second-order valence-corrected chi connectivity index (χ2v) is 4.41. The van der Waals surface area contributed by atoms with Gasteiger partial charge in [0.05, 0.1) is 7.11 Å². The van der Waals surface area contributed by atoms with Gasteiger partial charge in [0, 0.05) is 18.7 Å². The molecule has 0 aromatic heterocycles. The predicted molar refractivity (Wildman–Crippen MR) is 71.9 cm³/mol. The zero-order valence-electron chi connectivity index (χ0n) is 11.2. The number of hydrogen-bond donors (Lipinski definition) is 0. The van der Waals surface area contributed by atoms with E-state index in [0.29, 0.717) is 13.0 Å². The van der Waals surface area contributed by atoms with Crippen molar-refractivity contribution in [1.29, 1.82) is 0 Å². The molecule has 0 fully saturated rings. The molecular formula is C15H17NO3. The number of carbonyl (C=O) groups excluding carboxylic acids is 2. The van der Waals surface area contributed by atoms with Crippen LogP contribution in [-0.4, -0.2) is 30.4 Å². The number of nitrogens with zero attached hydrogens (tertiary/aromatic N) is 1. The number of aryl methyl sites for hydroxylation is 1. The molecule has 19 heavy (non-hydrogen) atoms. The summed E-state index contributed by atoms with van der Waals surface area (Å²) in [6.45, 7) is 2.49. The van der Waals surface area contributed by atoms with Crippen LogP contribution in [0, 0.1) is 0 Å². The molecule has 0 unspecified atom stereocenters. The number of amides is 2. The van der Waals surface area contributed by atoms with Gasteiger partial charge >= 0.3 is 0 Å². The molecule has 1 aliphatic rings. The molecule has 0 bridgehead atoms. The molecular weight excluding hydrogens is 242 g/mol. The first kappa shape index (κ1) is 13.3. The third kappa shape index (κ3) is 2.84. The van der Waals surface area contributed by atoms with Crippen molar-refractivity contribution in [2.45, 2.75) is 19.8 Å². The fraction of sp³-hybridized carbons (Fsp3) is 0.333. The summed E-state index contributed by atoms with van der Waals surface area (Å²) in [5.74, 6) is 0.421. The summed E-state index contributed by atoms with van der Waals surface area (Å²) in [6.07, 6.45) is 4.18. The second kappa shape index (κ2) is 5.69. The van der Waals surface area contributed by atoms with E-state index in [4.69, 9.17) is 4.74 Å². The molecule has 0 N–H and O–H groups in total. The Labute approximate surface area is 112 Å². The van der Waals surface area contributed by atoms with Crippen molar-refractivity contribution in [3.8, 4) is 5.75 Å². The van der Waals surface area contributed by atoms with Gasteiger partial charge in [-0.25, -0.2) is 0 Å². The molecule has 0 saturated carbocycles. The van der Waals surface area contributed by atoms with Crippen molar-refractivity contribution in [2.24, 2.45) is 0 Å². The first-order valence-corrected chi connectivity index (χ1v) is 6.35. The van der Waals surface area contributed by atoms with Gasteiger partial charge in [0.1, 0.15) is 5.75 Å². The van der Waals surface area contributed by atoms with E-state index in [1.54, 1.807) is 7.11 Å². The Morgan fingerprint density at radius 2 is 1.84 bits per heavy atom. The fourth-order valence-corrected chi connectivity index (χ4v) is 2.16. The lowest BCUT2D eigenvalue weighted by Crippen LogP contribution is -2.31. The summed E-state index contributed by atoms with van der Waals surface area (Å²) in [4.78, 5) is 24.1.